The number of esters is 1. The van der Waals surface area contributed by atoms with Crippen molar-refractivity contribution in [2.45, 2.75) is 13.0 Å². The van der Waals surface area contributed by atoms with Crippen molar-refractivity contribution < 1.29 is 9.53 Å². The van der Waals surface area contributed by atoms with Crippen LogP contribution in [-0.2, 0) is 9.53 Å². The van der Waals surface area contributed by atoms with Crippen molar-refractivity contribution in [3.8, 4) is 0 Å². The monoisotopic (exact) mass is 214 g/mol. The third-order valence-electron chi connectivity index (χ3n) is 1.68. The van der Waals surface area contributed by atoms with Gasteiger partial charge in [-0.05, 0) is 13.0 Å². The van der Waals surface area contributed by atoms with E-state index in [1.54, 1.807) is 13.0 Å². The highest BCUT2D eigenvalue weighted by atomic mass is 35.5. The summed E-state index contributed by atoms with van der Waals surface area (Å²) in [4.78, 5) is 15.1. The number of aromatic nitrogens is 1. The summed E-state index contributed by atoms with van der Waals surface area (Å²) in [6.45, 7) is 2.02. The number of nitrogens with zero attached hydrogens (tertiary/aromatic N) is 1. The molecule has 5 heteroatoms. The molecule has 0 aromatic carbocycles. The molecule has 1 heterocycles. The van der Waals surface area contributed by atoms with Gasteiger partial charge in [0, 0.05) is 18.0 Å². The minimum atomic E-state index is -0.842. The molecule has 2 N–H and O–H groups in total. The maximum Gasteiger partial charge on any atom is 0.327 e. The Bertz CT molecular complexity index is 330. The maximum atomic E-state index is 11.3. The molecule has 14 heavy (non-hydrogen) atoms. The summed E-state index contributed by atoms with van der Waals surface area (Å²) in [5, 5.41) is 0.369. The quantitative estimate of drug-likeness (QED) is 0.771. The molecule has 76 valence electrons. The number of carbonyl (C=O) groups is 1. The van der Waals surface area contributed by atoms with E-state index in [1.807, 2.05) is 0 Å². The van der Waals surface area contributed by atoms with Gasteiger partial charge in [0.2, 0.25) is 0 Å². The fraction of sp³-hybridized carbons (Fsp3) is 0.333. The highest BCUT2D eigenvalue weighted by molar-refractivity contribution is 6.31. The van der Waals surface area contributed by atoms with E-state index in [0.717, 1.165) is 0 Å². The van der Waals surface area contributed by atoms with Gasteiger partial charge < -0.3 is 10.5 Å². The van der Waals surface area contributed by atoms with Gasteiger partial charge in [0.15, 0.2) is 0 Å². The molecule has 0 aliphatic heterocycles. The van der Waals surface area contributed by atoms with Crippen molar-refractivity contribution in [3.63, 3.8) is 0 Å². The predicted octanol–water partition coefficient (Wildman–Crippen LogP) is 1.30. The van der Waals surface area contributed by atoms with Gasteiger partial charge in [-0.2, -0.15) is 0 Å². The number of hydrogen-bond acceptors (Lipinski definition) is 4. The fourth-order valence-electron chi connectivity index (χ4n) is 0.997. The van der Waals surface area contributed by atoms with Crippen LogP contribution in [-0.4, -0.2) is 17.6 Å². The molecule has 0 spiro atoms. The van der Waals surface area contributed by atoms with Crippen LogP contribution in [0.25, 0.3) is 0 Å². The molecule has 0 radical (unpaired) electrons. The van der Waals surface area contributed by atoms with E-state index in [0.29, 0.717) is 17.2 Å². The SMILES string of the molecule is CCOC(=O)[C@H](N)c1ccncc1Cl. The number of halogens is 1. The van der Waals surface area contributed by atoms with Gasteiger partial charge in [-0.15, -0.1) is 0 Å². The van der Waals surface area contributed by atoms with Crippen LogP contribution in [0.4, 0.5) is 0 Å². The van der Waals surface area contributed by atoms with Crippen molar-refractivity contribution in [2.24, 2.45) is 5.73 Å². The van der Waals surface area contributed by atoms with E-state index in [2.05, 4.69) is 4.98 Å². The lowest BCUT2D eigenvalue weighted by Gasteiger charge is -2.11. The highest BCUT2D eigenvalue weighted by Crippen LogP contribution is 2.20. The fourth-order valence-corrected chi connectivity index (χ4v) is 1.23. The summed E-state index contributed by atoms with van der Waals surface area (Å²) >= 11 is 5.81. The molecular weight excluding hydrogens is 204 g/mol. The van der Waals surface area contributed by atoms with E-state index in [1.165, 1.54) is 12.4 Å². The third kappa shape index (κ3) is 2.43. The molecule has 0 aliphatic carbocycles. The average Bonchev–Trinajstić information content (AvgIpc) is 2.18. The van der Waals surface area contributed by atoms with Crippen molar-refractivity contribution in [2.75, 3.05) is 6.61 Å². The second-order valence-electron chi connectivity index (χ2n) is 2.63. The normalized spacial score (nSPS) is 12.2. The van der Waals surface area contributed by atoms with Crippen molar-refractivity contribution in [3.05, 3.63) is 29.0 Å². The van der Waals surface area contributed by atoms with E-state index >= 15 is 0 Å². The number of rotatable bonds is 3. The minimum Gasteiger partial charge on any atom is -0.465 e. The van der Waals surface area contributed by atoms with Gasteiger partial charge >= 0.3 is 5.97 Å². The van der Waals surface area contributed by atoms with E-state index < -0.39 is 12.0 Å². The van der Waals surface area contributed by atoms with Crippen LogP contribution in [0.5, 0.6) is 0 Å². The van der Waals surface area contributed by atoms with Gasteiger partial charge in [0.1, 0.15) is 6.04 Å². The first-order valence-electron chi connectivity index (χ1n) is 4.18. The first-order valence-corrected chi connectivity index (χ1v) is 4.56. The Morgan fingerprint density at radius 3 is 3.07 bits per heavy atom. The Balaban J connectivity index is 2.84. The lowest BCUT2D eigenvalue weighted by molar-refractivity contribution is -0.144. The highest BCUT2D eigenvalue weighted by Gasteiger charge is 2.19. The molecule has 1 aromatic heterocycles. The lowest BCUT2D eigenvalue weighted by Crippen LogP contribution is -2.24. The third-order valence-corrected chi connectivity index (χ3v) is 2.00. The molecule has 1 atom stereocenters. The summed E-state index contributed by atoms with van der Waals surface area (Å²) in [5.74, 6) is -0.486. The van der Waals surface area contributed by atoms with Gasteiger partial charge in [0.25, 0.3) is 0 Å². The molecule has 0 fully saturated rings. The van der Waals surface area contributed by atoms with E-state index in [9.17, 15) is 4.79 Å². The van der Waals surface area contributed by atoms with Gasteiger partial charge in [0.05, 0.1) is 11.6 Å². The van der Waals surface area contributed by atoms with E-state index in [-0.39, 0.29) is 0 Å². The number of pyridine rings is 1. The lowest BCUT2D eigenvalue weighted by atomic mass is 10.1. The Kier molecular flexibility index (Phi) is 3.85. The summed E-state index contributed by atoms with van der Waals surface area (Å²) < 4.78 is 4.77. The smallest absolute Gasteiger partial charge is 0.327 e. The zero-order valence-corrected chi connectivity index (χ0v) is 8.49. The number of carbonyl (C=O) groups excluding carboxylic acids is 1. The molecule has 0 aliphatic rings. The molecule has 1 rings (SSSR count). The van der Waals surface area contributed by atoms with Crippen LogP contribution in [0.2, 0.25) is 5.02 Å². The second kappa shape index (κ2) is 4.93. The van der Waals surface area contributed by atoms with Crippen molar-refractivity contribution in [1.29, 1.82) is 0 Å². The van der Waals surface area contributed by atoms with Crippen LogP contribution in [0.15, 0.2) is 18.5 Å². The summed E-state index contributed by atoms with van der Waals surface area (Å²) in [6.07, 6.45) is 2.97. The van der Waals surface area contributed by atoms with Crippen molar-refractivity contribution >= 4 is 17.6 Å². The minimum absolute atomic E-state index is 0.301. The molecule has 4 nitrogen and oxygen atoms in total. The molecular formula is C9H11ClN2O2. The molecule has 0 amide bonds. The van der Waals surface area contributed by atoms with Crippen LogP contribution in [0.3, 0.4) is 0 Å². The molecule has 0 saturated heterocycles. The first kappa shape index (κ1) is 10.9. The number of nitrogens with two attached hydrogens (primary N) is 1. The second-order valence-corrected chi connectivity index (χ2v) is 3.03. The van der Waals surface area contributed by atoms with Gasteiger partial charge in [-0.1, -0.05) is 11.6 Å². The van der Waals surface area contributed by atoms with Crippen LogP contribution in [0, 0.1) is 0 Å². The van der Waals surface area contributed by atoms with Gasteiger partial charge in [-0.25, -0.2) is 4.79 Å². The Labute approximate surface area is 87.0 Å². The number of hydrogen-bond donors (Lipinski definition) is 1. The summed E-state index contributed by atoms with van der Waals surface area (Å²) in [7, 11) is 0. The summed E-state index contributed by atoms with van der Waals surface area (Å²) in [5.41, 5.74) is 6.17. The standard InChI is InChI=1S/C9H11ClN2O2/c1-2-14-9(13)8(11)6-3-4-12-5-7(6)10/h3-5,8H,2,11H2,1H3/t8-/m1/s1. The predicted molar refractivity (Wildman–Crippen MR) is 52.8 cm³/mol. The molecule has 0 bridgehead atoms. The first-order chi connectivity index (χ1) is 6.66. The molecule has 0 saturated carbocycles. The van der Waals surface area contributed by atoms with Crippen LogP contribution >= 0.6 is 11.6 Å². The topological polar surface area (TPSA) is 65.2 Å². The molecule has 1 aromatic rings. The summed E-state index contributed by atoms with van der Waals surface area (Å²) in [6, 6.07) is 0.759. The van der Waals surface area contributed by atoms with Crippen molar-refractivity contribution in [1.82, 2.24) is 4.98 Å². The van der Waals surface area contributed by atoms with Gasteiger partial charge in [-0.3, -0.25) is 4.98 Å². The Morgan fingerprint density at radius 1 is 1.79 bits per heavy atom. The Morgan fingerprint density at radius 2 is 2.50 bits per heavy atom. The largest absolute Gasteiger partial charge is 0.465 e. The van der Waals surface area contributed by atoms with Crippen LogP contribution in [0.1, 0.15) is 18.5 Å². The zero-order valence-electron chi connectivity index (χ0n) is 7.74. The zero-order chi connectivity index (χ0) is 10.6. The Hall–Kier alpha value is -1.13. The van der Waals surface area contributed by atoms with Crippen LogP contribution < -0.4 is 5.73 Å². The average molecular weight is 215 g/mol. The maximum absolute atomic E-state index is 11.3. The molecule has 0 unspecified atom stereocenters. The van der Waals surface area contributed by atoms with E-state index in [4.69, 9.17) is 22.1 Å². The number of ether oxygens (including phenoxy) is 1.